The van der Waals surface area contributed by atoms with Crippen molar-refractivity contribution in [3.63, 3.8) is 0 Å². The number of carbonyl (C=O) groups is 1. The third-order valence-corrected chi connectivity index (χ3v) is 4.38. The van der Waals surface area contributed by atoms with Crippen molar-refractivity contribution in [1.82, 2.24) is 15.1 Å². The van der Waals surface area contributed by atoms with Crippen LogP contribution in [-0.2, 0) is 22.6 Å². The summed E-state index contributed by atoms with van der Waals surface area (Å²) in [5.74, 6) is -0.337. The molecular formula is C11H12ClN3O3S2. The number of methoxy groups -OCH3 is 1. The summed E-state index contributed by atoms with van der Waals surface area (Å²) in [4.78, 5) is 25.2. The van der Waals surface area contributed by atoms with E-state index in [0.717, 1.165) is 16.2 Å². The summed E-state index contributed by atoms with van der Waals surface area (Å²) >= 11 is 8.37. The van der Waals surface area contributed by atoms with Gasteiger partial charge in [-0.2, -0.15) is 5.10 Å². The van der Waals surface area contributed by atoms with E-state index in [4.69, 9.17) is 11.6 Å². The van der Waals surface area contributed by atoms with E-state index >= 15 is 0 Å². The maximum absolute atomic E-state index is 11.4. The second kappa shape index (κ2) is 6.98. The molecule has 0 aromatic carbocycles. The van der Waals surface area contributed by atoms with E-state index in [1.807, 2.05) is 17.0 Å². The molecule has 9 heteroatoms. The fourth-order valence-corrected chi connectivity index (χ4v) is 3.37. The Morgan fingerprint density at radius 1 is 1.45 bits per heavy atom. The largest absolute Gasteiger partial charge is 0.468 e. The number of hydrogen-bond donors (Lipinski definition) is 1. The number of nitrogens with zero attached hydrogens (tertiary/aromatic N) is 2. The first-order valence-electron chi connectivity index (χ1n) is 5.64. The van der Waals surface area contributed by atoms with Crippen LogP contribution in [0.3, 0.4) is 0 Å². The molecule has 0 radical (unpaired) electrons. The number of aromatic amines is 1. The SMILES string of the molecule is COC(=O)CN(Cc1ccc(Cl)s1)Cc1n[nH]c(=O)s1. The topological polar surface area (TPSA) is 75.3 Å². The Balaban J connectivity index is 2.07. The number of rotatable bonds is 6. The van der Waals surface area contributed by atoms with Gasteiger partial charge in [0.1, 0.15) is 5.01 Å². The Kier molecular flexibility index (Phi) is 5.30. The molecule has 0 unspecified atom stereocenters. The van der Waals surface area contributed by atoms with Crippen LogP contribution in [-0.4, -0.2) is 34.7 Å². The molecule has 0 atom stereocenters. The zero-order chi connectivity index (χ0) is 14.5. The molecule has 6 nitrogen and oxygen atoms in total. The van der Waals surface area contributed by atoms with E-state index in [9.17, 15) is 9.59 Å². The molecule has 2 aromatic heterocycles. The Bertz CT molecular complexity index is 637. The molecule has 2 aromatic rings. The summed E-state index contributed by atoms with van der Waals surface area (Å²) in [5, 5.41) is 6.89. The lowest BCUT2D eigenvalue weighted by atomic mass is 10.4. The predicted octanol–water partition coefficient (Wildman–Crippen LogP) is 1.72. The fourth-order valence-electron chi connectivity index (χ4n) is 1.59. The average Bonchev–Trinajstić information content (AvgIpc) is 2.98. The van der Waals surface area contributed by atoms with Crippen molar-refractivity contribution in [3.05, 3.63) is 36.0 Å². The molecular weight excluding hydrogens is 322 g/mol. The molecule has 2 rings (SSSR count). The quantitative estimate of drug-likeness (QED) is 0.815. The van der Waals surface area contributed by atoms with E-state index in [1.165, 1.54) is 18.4 Å². The highest BCUT2D eigenvalue weighted by atomic mass is 35.5. The number of thiophene rings is 1. The van der Waals surface area contributed by atoms with Gasteiger partial charge >= 0.3 is 10.8 Å². The highest BCUT2D eigenvalue weighted by molar-refractivity contribution is 7.16. The molecule has 0 fully saturated rings. The van der Waals surface area contributed by atoms with Crippen LogP contribution in [0.4, 0.5) is 0 Å². The zero-order valence-corrected chi connectivity index (χ0v) is 13.0. The third kappa shape index (κ3) is 4.41. The molecule has 0 saturated carbocycles. The highest BCUT2D eigenvalue weighted by Crippen LogP contribution is 2.23. The molecule has 1 N–H and O–H groups in total. The van der Waals surface area contributed by atoms with Crippen LogP contribution in [0.1, 0.15) is 9.88 Å². The molecule has 0 spiro atoms. The summed E-state index contributed by atoms with van der Waals surface area (Å²) in [6.07, 6.45) is 0. The fraction of sp³-hybridized carbons (Fsp3) is 0.364. The number of halogens is 1. The first-order chi connectivity index (χ1) is 9.56. The van der Waals surface area contributed by atoms with Gasteiger partial charge in [-0.1, -0.05) is 22.9 Å². The van der Waals surface area contributed by atoms with E-state index in [1.54, 1.807) is 0 Å². The Morgan fingerprint density at radius 2 is 2.25 bits per heavy atom. The van der Waals surface area contributed by atoms with Gasteiger partial charge in [0.05, 0.1) is 24.5 Å². The van der Waals surface area contributed by atoms with E-state index < -0.39 is 0 Å². The van der Waals surface area contributed by atoms with Gasteiger partial charge in [0.15, 0.2) is 0 Å². The minimum absolute atomic E-state index is 0.125. The average molecular weight is 334 g/mol. The Labute approximate surface area is 128 Å². The summed E-state index contributed by atoms with van der Waals surface area (Å²) in [6.45, 7) is 1.06. The number of ether oxygens (including phenoxy) is 1. The molecule has 0 bridgehead atoms. The maximum atomic E-state index is 11.4. The molecule has 0 amide bonds. The van der Waals surface area contributed by atoms with Crippen molar-refractivity contribution in [3.8, 4) is 0 Å². The third-order valence-electron chi connectivity index (χ3n) is 2.43. The van der Waals surface area contributed by atoms with Crippen LogP contribution in [0.2, 0.25) is 4.34 Å². The van der Waals surface area contributed by atoms with E-state index in [-0.39, 0.29) is 17.4 Å². The number of hydrogen-bond acceptors (Lipinski definition) is 7. The number of H-pyrrole nitrogens is 1. The highest BCUT2D eigenvalue weighted by Gasteiger charge is 2.15. The first kappa shape index (κ1) is 15.2. The van der Waals surface area contributed by atoms with Crippen molar-refractivity contribution < 1.29 is 9.53 Å². The maximum Gasteiger partial charge on any atom is 0.322 e. The lowest BCUT2D eigenvalue weighted by molar-refractivity contribution is -0.142. The molecule has 0 aliphatic rings. The normalized spacial score (nSPS) is 10.9. The van der Waals surface area contributed by atoms with Gasteiger partial charge in [0.2, 0.25) is 0 Å². The molecule has 0 aliphatic carbocycles. The van der Waals surface area contributed by atoms with Gasteiger partial charge < -0.3 is 4.74 Å². The minimum atomic E-state index is -0.337. The van der Waals surface area contributed by atoms with Crippen molar-refractivity contribution in [2.45, 2.75) is 13.1 Å². The zero-order valence-electron chi connectivity index (χ0n) is 10.6. The molecule has 20 heavy (non-hydrogen) atoms. The van der Waals surface area contributed by atoms with Crippen molar-refractivity contribution >= 4 is 40.2 Å². The summed E-state index contributed by atoms with van der Waals surface area (Å²) < 4.78 is 5.37. The number of nitrogens with one attached hydrogen (secondary N) is 1. The van der Waals surface area contributed by atoms with Crippen LogP contribution >= 0.6 is 34.3 Å². The van der Waals surface area contributed by atoms with Gasteiger partial charge in [0.25, 0.3) is 0 Å². The lowest BCUT2D eigenvalue weighted by Crippen LogP contribution is -2.29. The van der Waals surface area contributed by atoms with Gasteiger partial charge in [-0.3, -0.25) is 14.5 Å². The summed E-state index contributed by atoms with van der Waals surface area (Å²) in [5.41, 5.74) is 0. The van der Waals surface area contributed by atoms with Crippen LogP contribution in [0.25, 0.3) is 0 Å². The van der Waals surface area contributed by atoms with Crippen molar-refractivity contribution in [2.75, 3.05) is 13.7 Å². The molecule has 108 valence electrons. The number of carbonyl (C=O) groups excluding carboxylic acids is 1. The Hall–Kier alpha value is -1.22. The Morgan fingerprint density at radius 3 is 2.80 bits per heavy atom. The monoisotopic (exact) mass is 333 g/mol. The first-order valence-corrected chi connectivity index (χ1v) is 7.65. The summed E-state index contributed by atoms with van der Waals surface area (Å²) in [6, 6.07) is 3.72. The molecule has 0 saturated heterocycles. The van der Waals surface area contributed by atoms with Crippen molar-refractivity contribution in [1.29, 1.82) is 0 Å². The van der Waals surface area contributed by atoms with Crippen LogP contribution in [0.5, 0.6) is 0 Å². The van der Waals surface area contributed by atoms with E-state index in [0.29, 0.717) is 22.4 Å². The number of esters is 1. The van der Waals surface area contributed by atoms with Gasteiger partial charge in [-0.25, -0.2) is 5.10 Å². The van der Waals surface area contributed by atoms with Gasteiger partial charge in [-0.05, 0) is 12.1 Å². The van der Waals surface area contributed by atoms with Gasteiger partial charge in [-0.15, -0.1) is 11.3 Å². The predicted molar refractivity (Wildman–Crippen MR) is 78.2 cm³/mol. The van der Waals surface area contributed by atoms with Gasteiger partial charge in [0, 0.05) is 11.4 Å². The number of aromatic nitrogens is 2. The second-order valence-electron chi connectivity index (χ2n) is 3.93. The second-order valence-corrected chi connectivity index (χ2v) is 6.78. The molecule has 2 heterocycles. The van der Waals surface area contributed by atoms with E-state index in [2.05, 4.69) is 14.9 Å². The summed E-state index contributed by atoms with van der Waals surface area (Å²) in [7, 11) is 1.34. The smallest absolute Gasteiger partial charge is 0.322 e. The van der Waals surface area contributed by atoms with Crippen LogP contribution in [0.15, 0.2) is 16.9 Å². The minimum Gasteiger partial charge on any atom is -0.468 e. The van der Waals surface area contributed by atoms with Crippen molar-refractivity contribution in [2.24, 2.45) is 0 Å². The van der Waals surface area contributed by atoms with Crippen LogP contribution < -0.4 is 4.87 Å². The molecule has 0 aliphatic heterocycles. The van der Waals surface area contributed by atoms with Crippen LogP contribution in [0, 0.1) is 0 Å². The lowest BCUT2D eigenvalue weighted by Gasteiger charge is -2.18. The standard InChI is InChI=1S/C11H12ClN3O3S2/c1-18-10(16)6-15(4-7-2-3-8(12)19-7)5-9-13-14-11(17)20-9/h2-3H,4-6H2,1H3,(H,14,17).